The summed E-state index contributed by atoms with van der Waals surface area (Å²) in [5.41, 5.74) is 3.97. The van der Waals surface area contributed by atoms with Crippen molar-refractivity contribution in [2.75, 3.05) is 0 Å². The summed E-state index contributed by atoms with van der Waals surface area (Å²) in [6.45, 7) is 4.45. The Balaban J connectivity index is 1.64. The lowest BCUT2D eigenvalue weighted by atomic mass is 9.78. The zero-order valence-corrected chi connectivity index (χ0v) is 19.6. The van der Waals surface area contributed by atoms with E-state index in [1.165, 1.54) is 0 Å². The Morgan fingerprint density at radius 1 is 0.697 bits per heavy atom. The van der Waals surface area contributed by atoms with Crippen molar-refractivity contribution in [3.05, 3.63) is 120 Å². The maximum Gasteiger partial charge on any atom is 0.171 e. The van der Waals surface area contributed by atoms with E-state index in [9.17, 15) is 0 Å². The van der Waals surface area contributed by atoms with Gasteiger partial charge >= 0.3 is 0 Å². The first-order chi connectivity index (χ1) is 16.0. The molecule has 4 aromatic carbocycles. The fourth-order valence-corrected chi connectivity index (χ4v) is 8.72. The molecule has 0 bridgehead atoms. The van der Waals surface area contributed by atoms with E-state index in [0.717, 1.165) is 49.1 Å². The second kappa shape index (κ2) is 7.27. The summed E-state index contributed by atoms with van der Waals surface area (Å²) in [6.07, 6.45) is 1.85. The molecule has 160 valence electrons. The highest BCUT2D eigenvalue weighted by molar-refractivity contribution is 7.85. The average molecular weight is 446 g/mol. The summed E-state index contributed by atoms with van der Waals surface area (Å²) in [6, 6.07) is 35.0. The van der Waals surface area contributed by atoms with Gasteiger partial charge in [-0.05, 0) is 28.6 Å². The van der Waals surface area contributed by atoms with Gasteiger partial charge in [-0.25, -0.2) is 0 Å². The molecule has 0 unspecified atom stereocenters. The van der Waals surface area contributed by atoms with E-state index < -0.39 is 7.14 Å². The van der Waals surface area contributed by atoms with Gasteiger partial charge in [-0.15, -0.1) is 0 Å². The molecule has 0 N–H and O–H groups in total. The second-order valence-electron chi connectivity index (χ2n) is 9.20. The normalized spacial score (nSPS) is 15.6. The molecule has 0 atom stereocenters. The molecule has 0 saturated carbocycles. The predicted octanol–water partition coefficient (Wildman–Crippen LogP) is 6.18. The summed E-state index contributed by atoms with van der Waals surface area (Å²) in [4.78, 5) is 4.71. The highest BCUT2D eigenvalue weighted by Gasteiger charge is 2.44. The van der Waals surface area contributed by atoms with Crippen LogP contribution in [0.5, 0.6) is 0 Å². The zero-order chi connectivity index (χ0) is 22.6. The van der Waals surface area contributed by atoms with Crippen LogP contribution in [0.15, 0.2) is 109 Å². The molecule has 0 amide bonds. The fraction of sp³-hybridized carbons (Fsp3) is 0.100. The Hall–Kier alpha value is -3.48. The Labute approximate surface area is 194 Å². The van der Waals surface area contributed by atoms with Gasteiger partial charge in [-0.3, -0.25) is 4.98 Å². The van der Waals surface area contributed by atoms with Crippen LogP contribution in [0.3, 0.4) is 0 Å². The number of hydrogen-bond acceptors (Lipinski definition) is 2. The number of pyridine rings is 1. The first-order valence-corrected chi connectivity index (χ1v) is 13.0. The molecule has 5 aromatic rings. The van der Waals surface area contributed by atoms with Crippen LogP contribution < -0.4 is 15.9 Å². The molecule has 1 aliphatic rings. The third kappa shape index (κ3) is 2.88. The van der Waals surface area contributed by atoms with Gasteiger partial charge in [0.2, 0.25) is 0 Å². The van der Waals surface area contributed by atoms with E-state index in [-0.39, 0.29) is 5.41 Å². The molecule has 0 aliphatic carbocycles. The largest absolute Gasteiger partial charge is 0.309 e. The molecule has 3 heteroatoms. The summed E-state index contributed by atoms with van der Waals surface area (Å²) in [5, 5.41) is 4.98. The van der Waals surface area contributed by atoms with E-state index >= 15 is 4.57 Å². The molecule has 0 fully saturated rings. The molecule has 1 aliphatic heterocycles. The van der Waals surface area contributed by atoms with Crippen molar-refractivity contribution in [1.29, 1.82) is 0 Å². The standard InChI is InChI=1S/C30H24NOP/c1-30(2)25-14-5-7-16-27(25)33(32,28-17-8-6-15-26(28)30)23-12-9-11-22(20-23)29-24-13-4-3-10-21(24)18-19-31-29/h3-20H,1-2H3. The van der Waals surface area contributed by atoms with Crippen LogP contribution in [-0.2, 0) is 9.98 Å². The van der Waals surface area contributed by atoms with E-state index in [1.54, 1.807) is 0 Å². The fourth-order valence-electron chi connectivity index (χ4n) is 5.31. The highest BCUT2D eigenvalue weighted by atomic mass is 31.2. The number of benzene rings is 4. The molecule has 2 nitrogen and oxygen atoms in total. The van der Waals surface area contributed by atoms with E-state index in [0.29, 0.717) is 0 Å². The molecule has 33 heavy (non-hydrogen) atoms. The molecular formula is C30H24NOP. The molecule has 6 rings (SSSR count). The summed E-state index contributed by atoms with van der Waals surface area (Å²) in [7, 11) is -3.06. The van der Waals surface area contributed by atoms with Crippen molar-refractivity contribution in [1.82, 2.24) is 4.98 Å². The van der Waals surface area contributed by atoms with Crippen molar-refractivity contribution in [2.45, 2.75) is 19.3 Å². The van der Waals surface area contributed by atoms with Crippen LogP contribution in [0.4, 0.5) is 0 Å². The van der Waals surface area contributed by atoms with Crippen LogP contribution in [0.2, 0.25) is 0 Å². The van der Waals surface area contributed by atoms with Crippen LogP contribution in [0, 0.1) is 0 Å². The molecular weight excluding hydrogens is 421 g/mol. The maximum atomic E-state index is 15.2. The number of aromatic nitrogens is 1. The van der Waals surface area contributed by atoms with Crippen molar-refractivity contribution >= 4 is 33.8 Å². The number of nitrogens with zero attached hydrogens (tertiary/aromatic N) is 1. The topological polar surface area (TPSA) is 30.0 Å². The van der Waals surface area contributed by atoms with Gasteiger partial charge in [0.05, 0.1) is 5.69 Å². The number of fused-ring (bicyclic) bond motifs is 3. The number of hydrogen-bond donors (Lipinski definition) is 0. The van der Waals surface area contributed by atoms with Gasteiger partial charge in [-0.2, -0.15) is 0 Å². The number of rotatable bonds is 2. The van der Waals surface area contributed by atoms with Crippen molar-refractivity contribution < 1.29 is 4.57 Å². The van der Waals surface area contributed by atoms with Crippen molar-refractivity contribution in [3.8, 4) is 11.3 Å². The van der Waals surface area contributed by atoms with Gasteiger partial charge in [0.25, 0.3) is 0 Å². The Morgan fingerprint density at radius 3 is 2.06 bits per heavy atom. The monoisotopic (exact) mass is 445 g/mol. The summed E-state index contributed by atoms with van der Waals surface area (Å²) in [5.74, 6) is 0. The molecule has 2 heterocycles. The van der Waals surface area contributed by atoms with E-state index in [4.69, 9.17) is 4.98 Å². The molecule has 0 saturated heterocycles. The van der Waals surface area contributed by atoms with E-state index in [1.807, 2.05) is 48.7 Å². The van der Waals surface area contributed by atoms with Crippen LogP contribution in [-0.4, -0.2) is 4.98 Å². The third-order valence-electron chi connectivity index (χ3n) is 6.99. The van der Waals surface area contributed by atoms with Gasteiger partial charge in [0.15, 0.2) is 7.14 Å². The van der Waals surface area contributed by atoms with Crippen molar-refractivity contribution in [3.63, 3.8) is 0 Å². The lowest BCUT2D eigenvalue weighted by Crippen LogP contribution is -2.42. The maximum absolute atomic E-state index is 15.2. The molecule has 0 spiro atoms. The Morgan fingerprint density at radius 2 is 1.33 bits per heavy atom. The van der Waals surface area contributed by atoms with Gasteiger partial charge < -0.3 is 4.57 Å². The summed E-state index contributed by atoms with van der Waals surface area (Å²) < 4.78 is 15.2. The Bertz CT molecular complexity index is 1520. The zero-order valence-electron chi connectivity index (χ0n) is 18.7. The second-order valence-corrected chi connectivity index (χ2v) is 11.9. The minimum atomic E-state index is -3.06. The van der Waals surface area contributed by atoms with Crippen LogP contribution in [0.25, 0.3) is 22.0 Å². The van der Waals surface area contributed by atoms with E-state index in [2.05, 4.69) is 74.5 Å². The van der Waals surface area contributed by atoms with Gasteiger partial charge in [0, 0.05) is 38.5 Å². The summed E-state index contributed by atoms with van der Waals surface area (Å²) >= 11 is 0. The minimum absolute atomic E-state index is 0.212. The van der Waals surface area contributed by atoms with Crippen molar-refractivity contribution in [2.24, 2.45) is 0 Å². The predicted molar refractivity (Wildman–Crippen MR) is 139 cm³/mol. The minimum Gasteiger partial charge on any atom is -0.309 e. The SMILES string of the molecule is CC1(C)c2ccccc2P(=O)(c2cccc(-c3nccc4ccccc34)c2)c2ccccc21. The molecule has 0 radical (unpaired) electrons. The quantitative estimate of drug-likeness (QED) is 0.304. The van der Waals surface area contributed by atoms with Gasteiger partial charge in [-0.1, -0.05) is 105 Å². The smallest absolute Gasteiger partial charge is 0.171 e. The lowest BCUT2D eigenvalue weighted by Gasteiger charge is -2.39. The van der Waals surface area contributed by atoms with Crippen LogP contribution >= 0.6 is 7.14 Å². The first kappa shape index (κ1) is 20.1. The van der Waals surface area contributed by atoms with Gasteiger partial charge in [0.1, 0.15) is 0 Å². The average Bonchev–Trinajstić information content (AvgIpc) is 2.87. The lowest BCUT2D eigenvalue weighted by molar-refractivity contribution is 0.586. The third-order valence-corrected chi connectivity index (χ3v) is 10.1. The Kier molecular flexibility index (Phi) is 4.44. The molecule has 1 aromatic heterocycles. The van der Waals surface area contributed by atoms with Crippen LogP contribution in [0.1, 0.15) is 25.0 Å². The first-order valence-electron chi connectivity index (χ1n) is 11.3. The highest BCUT2D eigenvalue weighted by Crippen LogP contribution is 2.52.